The Morgan fingerprint density at radius 1 is 1.73 bits per heavy atom. The standard InChI is InChI=1S/C6H14N2O3/c1-6(11,2-5(9)10)4(8)3-7/h4,11H,2-3,7-8H2,1H3,(H,9,10). The number of carboxylic acids is 1. The fraction of sp³-hybridized carbons (Fsp3) is 0.833. The Morgan fingerprint density at radius 2 is 2.18 bits per heavy atom. The van der Waals surface area contributed by atoms with Crippen LogP contribution < -0.4 is 11.5 Å². The maximum absolute atomic E-state index is 10.2. The summed E-state index contributed by atoms with van der Waals surface area (Å²) in [5.74, 6) is -1.08. The van der Waals surface area contributed by atoms with Crippen molar-refractivity contribution in [2.24, 2.45) is 11.5 Å². The van der Waals surface area contributed by atoms with Gasteiger partial charge in [-0.25, -0.2) is 0 Å². The smallest absolute Gasteiger partial charge is 0.306 e. The van der Waals surface area contributed by atoms with E-state index in [0.717, 1.165) is 0 Å². The van der Waals surface area contributed by atoms with Crippen LogP contribution >= 0.6 is 0 Å². The number of nitrogens with two attached hydrogens (primary N) is 2. The number of carboxylic acid groups (broad SMARTS) is 1. The van der Waals surface area contributed by atoms with E-state index in [1.165, 1.54) is 6.92 Å². The summed E-state index contributed by atoms with van der Waals surface area (Å²) in [5, 5.41) is 17.7. The molecule has 0 aliphatic rings. The number of hydrogen-bond acceptors (Lipinski definition) is 4. The third-order valence-electron chi connectivity index (χ3n) is 1.56. The normalized spacial score (nSPS) is 18.9. The molecular formula is C6H14N2O3. The summed E-state index contributed by atoms with van der Waals surface area (Å²) in [5.41, 5.74) is 9.10. The minimum absolute atomic E-state index is 0.0697. The van der Waals surface area contributed by atoms with Crippen LogP contribution in [0.1, 0.15) is 13.3 Å². The van der Waals surface area contributed by atoms with Gasteiger partial charge in [-0.05, 0) is 6.92 Å². The van der Waals surface area contributed by atoms with Crippen LogP contribution in [0.5, 0.6) is 0 Å². The second-order valence-corrected chi connectivity index (χ2v) is 2.77. The Hall–Kier alpha value is -0.650. The molecule has 0 bridgehead atoms. The Balaban J connectivity index is 4.08. The Morgan fingerprint density at radius 3 is 2.45 bits per heavy atom. The van der Waals surface area contributed by atoms with Crippen molar-refractivity contribution in [3.05, 3.63) is 0 Å². The maximum atomic E-state index is 10.2. The van der Waals surface area contributed by atoms with Gasteiger partial charge >= 0.3 is 5.97 Å². The average Bonchev–Trinajstić information content (AvgIpc) is 1.83. The molecule has 0 aliphatic carbocycles. The highest BCUT2D eigenvalue weighted by atomic mass is 16.4. The van der Waals surface area contributed by atoms with Gasteiger partial charge in [0.05, 0.1) is 12.0 Å². The molecule has 0 saturated carbocycles. The summed E-state index contributed by atoms with van der Waals surface area (Å²) >= 11 is 0. The summed E-state index contributed by atoms with van der Waals surface area (Å²) in [6.45, 7) is 1.43. The quantitative estimate of drug-likeness (QED) is 0.402. The van der Waals surface area contributed by atoms with Crippen LogP contribution in [0.15, 0.2) is 0 Å². The molecule has 0 amide bonds. The molecule has 0 spiro atoms. The summed E-state index contributed by atoms with van der Waals surface area (Å²) < 4.78 is 0. The molecule has 0 aromatic rings. The molecule has 0 fully saturated rings. The van der Waals surface area contributed by atoms with E-state index in [1.807, 2.05) is 0 Å². The fourth-order valence-electron chi connectivity index (χ4n) is 0.691. The van der Waals surface area contributed by atoms with Crippen molar-refractivity contribution in [2.45, 2.75) is 25.0 Å². The lowest BCUT2D eigenvalue weighted by atomic mass is 9.93. The monoisotopic (exact) mass is 162 g/mol. The summed E-state index contributed by atoms with van der Waals surface area (Å²) in [6.07, 6.45) is -0.384. The average molecular weight is 162 g/mol. The summed E-state index contributed by atoms with van der Waals surface area (Å²) in [7, 11) is 0. The van der Waals surface area contributed by atoms with Gasteiger partial charge in [0.2, 0.25) is 0 Å². The van der Waals surface area contributed by atoms with Crippen molar-refractivity contribution < 1.29 is 15.0 Å². The number of hydrogen-bond donors (Lipinski definition) is 4. The van der Waals surface area contributed by atoms with Crippen LogP contribution in [0.3, 0.4) is 0 Å². The Bertz CT molecular complexity index is 147. The first kappa shape index (κ1) is 10.3. The maximum Gasteiger partial charge on any atom is 0.306 e. The van der Waals surface area contributed by atoms with Crippen molar-refractivity contribution in [1.82, 2.24) is 0 Å². The van der Waals surface area contributed by atoms with Crippen LogP contribution in [-0.4, -0.2) is 34.4 Å². The molecule has 5 nitrogen and oxygen atoms in total. The van der Waals surface area contributed by atoms with Crippen molar-refractivity contribution in [2.75, 3.05) is 6.54 Å². The minimum atomic E-state index is -1.42. The van der Waals surface area contributed by atoms with Gasteiger partial charge in [0.15, 0.2) is 0 Å². The van der Waals surface area contributed by atoms with Gasteiger partial charge in [-0.2, -0.15) is 0 Å². The molecule has 6 N–H and O–H groups in total. The SMILES string of the molecule is CC(O)(CC(=O)O)C(N)CN. The third-order valence-corrected chi connectivity index (χ3v) is 1.56. The van der Waals surface area contributed by atoms with Crippen LogP contribution in [0.4, 0.5) is 0 Å². The number of carbonyl (C=O) groups is 1. The van der Waals surface area contributed by atoms with E-state index in [4.69, 9.17) is 16.6 Å². The largest absolute Gasteiger partial charge is 0.481 e. The Kier molecular flexibility index (Phi) is 3.44. The first-order valence-corrected chi connectivity index (χ1v) is 3.30. The number of aliphatic hydroxyl groups is 1. The fourth-order valence-corrected chi connectivity index (χ4v) is 0.691. The van der Waals surface area contributed by atoms with E-state index in [2.05, 4.69) is 0 Å². The number of aliphatic carboxylic acids is 1. The van der Waals surface area contributed by atoms with E-state index >= 15 is 0 Å². The summed E-state index contributed by atoms with van der Waals surface area (Å²) in [6, 6.07) is -0.696. The molecule has 11 heavy (non-hydrogen) atoms. The highest BCUT2D eigenvalue weighted by Gasteiger charge is 2.30. The molecule has 0 aliphatic heterocycles. The molecule has 0 aromatic carbocycles. The second-order valence-electron chi connectivity index (χ2n) is 2.77. The third kappa shape index (κ3) is 3.31. The van der Waals surface area contributed by atoms with Gasteiger partial charge < -0.3 is 21.7 Å². The molecule has 0 saturated heterocycles. The van der Waals surface area contributed by atoms with Gasteiger partial charge in [0.25, 0.3) is 0 Å². The van der Waals surface area contributed by atoms with Gasteiger partial charge in [0.1, 0.15) is 0 Å². The molecule has 2 atom stereocenters. The molecule has 0 radical (unpaired) electrons. The van der Waals surface area contributed by atoms with E-state index < -0.39 is 17.6 Å². The topological polar surface area (TPSA) is 110 Å². The molecule has 0 heterocycles. The van der Waals surface area contributed by atoms with E-state index in [0.29, 0.717) is 0 Å². The van der Waals surface area contributed by atoms with Crippen LogP contribution in [0.2, 0.25) is 0 Å². The van der Waals surface area contributed by atoms with Crippen LogP contribution in [0.25, 0.3) is 0 Å². The lowest BCUT2D eigenvalue weighted by molar-refractivity contribution is -0.142. The van der Waals surface area contributed by atoms with Crippen molar-refractivity contribution in [3.8, 4) is 0 Å². The van der Waals surface area contributed by atoms with E-state index in [-0.39, 0.29) is 13.0 Å². The zero-order valence-corrected chi connectivity index (χ0v) is 6.45. The minimum Gasteiger partial charge on any atom is -0.481 e. The van der Waals surface area contributed by atoms with Crippen molar-refractivity contribution in [1.29, 1.82) is 0 Å². The molecular weight excluding hydrogens is 148 g/mol. The first-order valence-electron chi connectivity index (χ1n) is 3.30. The molecule has 0 aromatic heterocycles. The Labute approximate surface area is 65.0 Å². The molecule has 66 valence electrons. The van der Waals surface area contributed by atoms with Gasteiger partial charge in [-0.1, -0.05) is 0 Å². The second kappa shape index (κ2) is 3.66. The lowest BCUT2D eigenvalue weighted by Gasteiger charge is -2.27. The zero-order chi connectivity index (χ0) is 9.07. The molecule has 0 rings (SSSR count). The predicted molar refractivity (Wildman–Crippen MR) is 39.9 cm³/mol. The molecule has 5 heteroatoms. The van der Waals surface area contributed by atoms with Crippen LogP contribution in [-0.2, 0) is 4.79 Å². The highest BCUT2D eigenvalue weighted by molar-refractivity contribution is 5.68. The van der Waals surface area contributed by atoms with Gasteiger partial charge in [-0.15, -0.1) is 0 Å². The van der Waals surface area contributed by atoms with Crippen molar-refractivity contribution >= 4 is 5.97 Å². The van der Waals surface area contributed by atoms with Crippen LogP contribution in [0, 0.1) is 0 Å². The lowest BCUT2D eigenvalue weighted by Crippen LogP contribution is -2.51. The number of rotatable bonds is 4. The van der Waals surface area contributed by atoms with Gasteiger partial charge in [-0.3, -0.25) is 4.79 Å². The van der Waals surface area contributed by atoms with Crippen molar-refractivity contribution in [3.63, 3.8) is 0 Å². The van der Waals surface area contributed by atoms with E-state index in [9.17, 15) is 9.90 Å². The first-order chi connectivity index (χ1) is 4.90. The predicted octanol–water partition coefficient (Wildman–Crippen LogP) is -1.50. The van der Waals surface area contributed by atoms with E-state index in [1.54, 1.807) is 0 Å². The molecule has 2 unspecified atom stereocenters. The highest BCUT2D eigenvalue weighted by Crippen LogP contribution is 2.11. The summed E-state index contributed by atoms with van der Waals surface area (Å²) in [4.78, 5) is 10.2. The van der Waals surface area contributed by atoms with Gasteiger partial charge in [0, 0.05) is 12.6 Å². The zero-order valence-electron chi connectivity index (χ0n) is 6.45.